The quantitative estimate of drug-likeness (QED) is 0.623. The van der Waals surface area contributed by atoms with Crippen LogP contribution in [0.3, 0.4) is 0 Å². The van der Waals surface area contributed by atoms with Crippen molar-refractivity contribution in [3.8, 4) is 11.4 Å². The highest BCUT2D eigenvalue weighted by molar-refractivity contribution is 5.91. The number of aromatic nitrogens is 2. The Morgan fingerprint density at radius 1 is 1.10 bits per heavy atom. The fourth-order valence-electron chi connectivity index (χ4n) is 2.98. The number of nitrogens with one attached hydrogen (secondary N) is 1. The molecule has 0 bridgehead atoms. The summed E-state index contributed by atoms with van der Waals surface area (Å²) in [5.41, 5.74) is 3.04. The first-order valence-electron chi connectivity index (χ1n) is 9.20. The minimum Gasteiger partial charge on any atom is -0.496 e. The van der Waals surface area contributed by atoms with E-state index in [0.29, 0.717) is 11.3 Å². The highest BCUT2D eigenvalue weighted by Crippen LogP contribution is 2.24. The Labute approximate surface area is 169 Å². The molecule has 0 spiro atoms. The van der Waals surface area contributed by atoms with Crippen molar-refractivity contribution in [2.24, 2.45) is 0 Å². The molecule has 1 N–H and O–H groups in total. The first-order valence-corrected chi connectivity index (χ1v) is 9.20. The molecule has 7 nitrogen and oxygen atoms in total. The highest BCUT2D eigenvalue weighted by Gasteiger charge is 2.16. The fourth-order valence-corrected chi connectivity index (χ4v) is 2.98. The van der Waals surface area contributed by atoms with Crippen LogP contribution in [0.1, 0.15) is 34.6 Å². The lowest BCUT2D eigenvalue weighted by molar-refractivity contribution is -0.124. The third kappa shape index (κ3) is 4.82. The normalized spacial score (nSPS) is 11.6. The van der Waals surface area contributed by atoms with Crippen molar-refractivity contribution in [1.82, 2.24) is 15.1 Å². The molecule has 0 aliphatic rings. The summed E-state index contributed by atoms with van der Waals surface area (Å²) in [4.78, 5) is 24.4. The lowest BCUT2D eigenvalue weighted by Gasteiger charge is -2.17. The van der Waals surface area contributed by atoms with Crippen LogP contribution in [0.15, 0.2) is 60.8 Å². The molecule has 3 rings (SSSR count). The molecule has 1 heterocycles. The number of carbonyl (C=O) groups is 2. The zero-order valence-electron chi connectivity index (χ0n) is 16.6. The van der Waals surface area contributed by atoms with Crippen molar-refractivity contribution in [2.45, 2.75) is 19.9 Å². The third-order valence-corrected chi connectivity index (χ3v) is 4.50. The topological polar surface area (TPSA) is 82.5 Å². The molecule has 3 aromatic rings. The molecule has 1 amide bonds. The molecule has 1 atom stereocenters. The van der Waals surface area contributed by atoms with Gasteiger partial charge in [-0.3, -0.25) is 4.79 Å². The lowest BCUT2D eigenvalue weighted by atomic mass is 10.1. The largest absolute Gasteiger partial charge is 0.496 e. The van der Waals surface area contributed by atoms with E-state index in [1.807, 2.05) is 44.2 Å². The van der Waals surface area contributed by atoms with Gasteiger partial charge in [-0.25, -0.2) is 9.48 Å². The van der Waals surface area contributed by atoms with Gasteiger partial charge in [-0.1, -0.05) is 18.2 Å². The predicted molar refractivity (Wildman–Crippen MR) is 108 cm³/mol. The van der Waals surface area contributed by atoms with Gasteiger partial charge >= 0.3 is 5.97 Å². The van der Waals surface area contributed by atoms with Gasteiger partial charge in [0.2, 0.25) is 0 Å². The number of rotatable bonds is 7. The van der Waals surface area contributed by atoms with Gasteiger partial charge in [-0.15, -0.1) is 0 Å². The Kier molecular flexibility index (Phi) is 6.29. The van der Waals surface area contributed by atoms with Gasteiger partial charge in [-0.2, -0.15) is 5.10 Å². The Bertz CT molecular complexity index is 995. The van der Waals surface area contributed by atoms with E-state index in [2.05, 4.69) is 10.4 Å². The van der Waals surface area contributed by atoms with Crippen LogP contribution >= 0.6 is 0 Å². The van der Waals surface area contributed by atoms with Gasteiger partial charge < -0.3 is 14.8 Å². The molecule has 150 valence electrons. The number of hydrogen-bond acceptors (Lipinski definition) is 5. The van der Waals surface area contributed by atoms with Crippen molar-refractivity contribution in [3.63, 3.8) is 0 Å². The van der Waals surface area contributed by atoms with Crippen molar-refractivity contribution in [3.05, 3.63) is 77.6 Å². The van der Waals surface area contributed by atoms with Gasteiger partial charge in [0.05, 0.1) is 24.4 Å². The van der Waals surface area contributed by atoms with Crippen molar-refractivity contribution >= 4 is 11.9 Å². The number of carbonyl (C=O) groups excluding carboxylic acids is 2. The van der Waals surface area contributed by atoms with Crippen molar-refractivity contribution in [1.29, 1.82) is 0 Å². The number of methoxy groups -OCH3 is 1. The summed E-state index contributed by atoms with van der Waals surface area (Å²) in [6, 6.07) is 15.9. The molecule has 0 aliphatic carbocycles. The number of nitrogens with zero attached hydrogens (tertiary/aromatic N) is 2. The molecule has 29 heavy (non-hydrogen) atoms. The molecule has 2 aromatic carbocycles. The van der Waals surface area contributed by atoms with Crippen LogP contribution in [-0.2, 0) is 9.53 Å². The van der Waals surface area contributed by atoms with Crippen molar-refractivity contribution in [2.75, 3.05) is 13.7 Å². The summed E-state index contributed by atoms with van der Waals surface area (Å²) < 4.78 is 12.2. The number of para-hydroxylation sites is 1. The van der Waals surface area contributed by atoms with E-state index >= 15 is 0 Å². The van der Waals surface area contributed by atoms with Gasteiger partial charge in [-0.05, 0) is 50.2 Å². The fraction of sp³-hybridized carbons (Fsp3) is 0.227. The van der Waals surface area contributed by atoms with Crippen LogP contribution in [0.4, 0.5) is 0 Å². The van der Waals surface area contributed by atoms with E-state index in [-0.39, 0.29) is 18.6 Å². The van der Waals surface area contributed by atoms with Crippen molar-refractivity contribution < 1.29 is 19.1 Å². The number of ether oxygens (including phenoxy) is 2. The average molecular weight is 393 g/mol. The van der Waals surface area contributed by atoms with E-state index in [4.69, 9.17) is 9.47 Å². The second kappa shape index (κ2) is 9.05. The van der Waals surface area contributed by atoms with E-state index in [1.54, 1.807) is 42.3 Å². The summed E-state index contributed by atoms with van der Waals surface area (Å²) in [5.74, 6) is -0.265. The van der Waals surface area contributed by atoms with Crippen LogP contribution in [0.5, 0.6) is 5.75 Å². The van der Waals surface area contributed by atoms with E-state index in [1.165, 1.54) is 0 Å². The summed E-state index contributed by atoms with van der Waals surface area (Å²) in [6.07, 6.45) is 1.71. The predicted octanol–water partition coefficient (Wildman–Crippen LogP) is 3.22. The Balaban J connectivity index is 1.55. The lowest BCUT2D eigenvalue weighted by Crippen LogP contribution is -2.31. The molecular formula is C22H23N3O4. The minimum absolute atomic E-state index is 0.283. The standard InChI is InChI=1S/C22H23N3O4/c1-15-12-13-23-25(15)18-10-8-17(9-11-18)22(27)29-14-21(26)24-16(2)19-6-4-5-7-20(19)28-3/h4-13,16H,14H2,1-3H3,(H,24,26). The van der Waals surface area contributed by atoms with Gasteiger partial charge in [0.1, 0.15) is 5.75 Å². The maximum absolute atomic E-state index is 12.2. The monoisotopic (exact) mass is 393 g/mol. The number of hydrogen-bond donors (Lipinski definition) is 1. The summed E-state index contributed by atoms with van der Waals surface area (Å²) in [5, 5.41) is 7.03. The first kappa shape index (κ1) is 20.1. The van der Waals surface area contributed by atoms with Crippen LogP contribution in [0, 0.1) is 6.92 Å². The number of benzene rings is 2. The van der Waals surface area contributed by atoms with Crippen LogP contribution in [0.25, 0.3) is 5.69 Å². The van der Waals surface area contributed by atoms with Gasteiger partial charge in [0.15, 0.2) is 6.61 Å². The molecule has 0 fully saturated rings. The average Bonchev–Trinajstić information content (AvgIpc) is 3.17. The van der Waals surface area contributed by atoms with Crippen LogP contribution < -0.4 is 10.1 Å². The summed E-state index contributed by atoms with van der Waals surface area (Å²) in [7, 11) is 1.58. The third-order valence-electron chi connectivity index (χ3n) is 4.50. The summed E-state index contributed by atoms with van der Waals surface area (Å²) in [6.45, 7) is 3.42. The number of aryl methyl sites for hydroxylation is 1. The minimum atomic E-state index is -0.561. The van der Waals surface area contributed by atoms with Crippen LogP contribution in [-0.4, -0.2) is 35.4 Å². The molecule has 1 aromatic heterocycles. The zero-order chi connectivity index (χ0) is 20.8. The first-order chi connectivity index (χ1) is 14.0. The van der Waals surface area contributed by atoms with E-state index < -0.39 is 5.97 Å². The summed E-state index contributed by atoms with van der Waals surface area (Å²) >= 11 is 0. The number of esters is 1. The molecule has 1 unspecified atom stereocenters. The SMILES string of the molecule is COc1ccccc1C(C)NC(=O)COC(=O)c1ccc(-n2nccc2C)cc1. The van der Waals surface area contributed by atoms with E-state index in [0.717, 1.165) is 16.9 Å². The molecule has 0 saturated carbocycles. The van der Waals surface area contributed by atoms with E-state index in [9.17, 15) is 9.59 Å². The smallest absolute Gasteiger partial charge is 0.338 e. The van der Waals surface area contributed by atoms with Gasteiger partial charge in [0, 0.05) is 17.5 Å². The Hall–Kier alpha value is -3.61. The Morgan fingerprint density at radius 2 is 1.83 bits per heavy atom. The second-order valence-corrected chi connectivity index (χ2v) is 6.54. The maximum atomic E-state index is 12.2. The Morgan fingerprint density at radius 3 is 2.48 bits per heavy atom. The number of amides is 1. The zero-order valence-corrected chi connectivity index (χ0v) is 16.6. The second-order valence-electron chi connectivity index (χ2n) is 6.54. The molecule has 7 heteroatoms. The highest BCUT2D eigenvalue weighted by atomic mass is 16.5. The molecule has 0 radical (unpaired) electrons. The maximum Gasteiger partial charge on any atom is 0.338 e. The molecular weight excluding hydrogens is 370 g/mol. The van der Waals surface area contributed by atoms with Gasteiger partial charge in [0.25, 0.3) is 5.91 Å². The molecule has 0 aliphatic heterocycles. The molecule has 0 saturated heterocycles. The van der Waals surface area contributed by atoms with Crippen LogP contribution in [0.2, 0.25) is 0 Å².